The predicted molar refractivity (Wildman–Crippen MR) is 130 cm³/mol. The number of benzene rings is 4. The van der Waals surface area contributed by atoms with Gasteiger partial charge in [-0.2, -0.15) is 0 Å². The molecule has 1 N–H and O–H groups in total. The zero-order valence-electron chi connectivity index (χ0n) is 18.1. The maximum absolute atomic E-state index is 13.2. The number of hydrogen-bond acceptors (Lipinski definition) is 4. The topological polar surface area (TPSA) is 69.0 Å². The van der Waals surface area contributed by atoms with E-state index in [-0.39, 0.29) is 11.7 Å². The van der Waals surface area contributed by atoms with Crippen LogP contribution in [-0.2, 0) is 0 Å². The maximum Gasteiger partial charge on any atom is 0.295 e. The molecule has 0 bridgehead atoms. The van der Waals surface area contributed by atoms with Gasteiger partial charge in [0.2, 0.25) is 5.82 Å². The zero-order chi connectivity index (χ0) is 22.6. The summed E-state index contributed by atoms with van der Waals surface area (Å²) in [6, 6.07) is 31.0. The van der Waals surface area contributed by atoms with Gasteiger partial charge in [0.25, 0.3) is 5.91 Å². The van der Waals surface area contributed by atoms with E-state index in [2.05, 4.69) is 15.4 Å². The van der Waals surface area contributed by atoms with Crippen LogP contribution in [0.4, 0.5) is 5.69 Å². The molecule has 1 heterocycles. The van der Waals surface area contributed by atoms with Crippen LogP contribution in [0.25, 0.3) is 27.8 Å². The molecule has 0 atom stereocenters. The Labute approximate surface area is 191 Å². The van der Waals surface area contributed by atoms with E-state index < -0.39 is 0 Å². The normalized spacial score (nSPS) is 10.8. The lowest BCUT2D eigenvalue weighted by molar-refractivity contribution is 0.101. The first kappa shape index (κ1) is 20.5. The minimum atomic E-state index is -0.367. The van der Waals surface area contributed by atoms with Crippen molar-refractivity contribution in [3.8, 4) is 22.8 Å². The van der Waals surface area contributed by atoms with Crippen LogP contribution >= 0.6 is 0 Å². The molecule has 0 saturated heterocycles. The highest BCUT2D eigenvalue weighted by Gasteiger charge is 2.19. The van der Waals surface area contributed by atoms with Gasteiger partial charge in [-0.05, 0) is 42.6 Å². The summed E-state index contributed by atoms with van der Waals surface area (Å²) in [5.74, 6) is 1.09. The molecule has 0 aliphatic heterocycles. The summed E-state index contributed by atoms with van der Waals surface area (Å²) in [5.41, 5.74) is 2.37. The second-order valence-electron chi connectivity index (χ2n) is 7.44. The average molecular weight is 434 g/mol. The van der Waals surface area contributed by atoms with E-state index in [1.54, 1.807) is 4.68 Å². The summed E-state index contributed by atoms with van der Waals surface area (Å²) >= 11 is 0. The van der Waals surface area contributed by atoms with E-state index >= 15 is 0 Å². The molecule has 0 unspecified atom stereocenters. The molecule has 0 spiro atoms. The summed E-state index contributed by atoms with van der Waals surface area (Å²) in [6.45, 7) is 2.54. The number of ether oxygens (including phenoxy) is 1. The number of carbonyl (C=O) groups is 1. The van der Waals surface area contributed by atoms with Crippen LogP contribution in [0, 0.1) is 0 Å². The van der Waals surface area contributed by atoms with Gasteiger partial charge in [-0.25, -0.2) is 9.67 Å². The average Bonchev–Trinajstić information content (AvgIpc) is 3.31. The van der Waals surface area contributed by atoms with Crippen molar-refractivity contribution in [2.75, 3.05) is 11.9 Å². The van der Waals surface area contributed by atoms with E-state index in [0.717, 1.165) is 33.5 Å². The van der Waals surface area contributed by atoms with Crippen molar-refractivity contribution in [2.24, 2.45) is 0 Å². The molecule has 1 amide bonds. The van der Waals surface area contributed by atoms with Crippen LogP contribution in [0.2, 0.25) is 0 Å². The molecule has 6 nitrogen and oxygen atoms in total. The summed E-state index contributed by atoms with van der Waals surface area (Å²) in [4.78, 5) is 17.8. The number of aromatic nitrogens is 3. The standard InChI is InChI=1S/C27H22N4O2/c1-2-33-22-17-15-21(16-18-22)31-26(20-10-4-3-5-11-20)29-25(30-31)27(32)28-24-14-8-12-19-9-6-7-13-23(19)24/h3-18H,2H2,1H3,(H,28,32). The zero-order valence-corrected chi connectivity index (χ0v) is 18.1. The van der Waals surface area contributed by atoms with E-state index in [0.29, 0.717) is 12.4 Å². The first-order valence-electron chi connectivity index (χ1n) is 10.8. The third kappa shape index (κ3) is 4.19. The highest BCUT2D eigenvalue weighted by Crippen LogP contribution is 2.25. The summed E-state index contributed by atoms with van der Waals surface area (Å²) < 4.78 is 7.23. The lowest BCUT2D eigenvalue weighted by Crippen LogP contribution is -2.14. The number of anilines is 1. The molecule has 162 valence electrons. The van der Waals surface area contributed by atoms with Gasteiger partial charge in [-0.3, -0.25) is 4.79 Å². The molecular weight excluding hydrogens is 412 g/mol. The predicted octanol–water partition coefficient (Wildman–Crippen LogP) is 5.74. The number of fused-ring (bicyclic) bond motifs is 1. The molecule has 5 rings (SSSR count). The Hall–Kier alpha value is -4.45. The van der Waals surface area contributed by atoms with E-state index in [9.17, 15) is 4.79 Å². The van der Waals surface area contributed by atoms with Crippen molar-refractivity contribution < 1.29 is 9.53 Å². The number of amides is 1. The lowest BCUT2D eigenvalue weighted by Gasteiger charge is -2.08. The SMILES string of the molecule is CCOc1ccc(-n2nc(C(=O)Nc3cccc4ccccc34)nc2-c2ccccc2)cc1. The summed E-state index contributed by atoms with van der Waals surface area (Å²) in [6.07, 6.45) is 0. The highest BCUT2D eigenvalue weighted by atomic mass is 16.5. The highest BCUT2D eigenvalue weighted by molar-refractivity contribution is 6.07. The van der Waals surface area contributed by atoms with Gasteiger partial charge in [0.15, 0.2) is 5.82 Å². The largest absolute Gasteiger partial charge is 0.494 e. The minimum absolute atomic E-state index is 0.0932. The Morgan fingerprint density at radius 1 is 0.879 bits per heavy atom. The second kappa shape index (κ2) is 8.96. The monoisotopic (exact) mass is 434 g/mol. The molecule has 0 radical (unpaired) electrons. The molecule has 6 heteroatoms. The van der Waals surface area contributed by atoms with Crippen LogP contribution in [0.1, 0.15) is 17.5 Å². The fourth-order valence-corrected chi connectivity index (χ4v) is 3.73. The number of hydrogen-bond donors (Lipinski definition) is 1. The van der Waals surface area contributed by atoms with E-state index in [4.69, 9.17) is 4.74 Å². The molecule has 0 aliphatic rings. The van der Waals surface area contributed by atoms with Crippen LogP contribution < -0.4 is 10.1 Å². The molecule has 0 aliphatic carbocycles. The third-order valence-corrected chi connectivity index (χ3v) is 5.27. The minimum Gasteiger partial charge on any atom is -0.494 e. The first-order chi connectivity index (χ1) is 16.2. The first-order valence-corrected chi connectivity index (χ1v) is 10.8. The Kier molecular flexibility index (Phi) is 5.55. The molecular formula is C27H22N4O2. The van der Waals surface area contributed by atoms with Gasteiger partial charge in [0.05, 0.1) is 12.3 Å². The quantitative estimate of drug-likeness (QED) is 0.370. The van der Waals surface area contributed by atoms with Gasteiger partial charge in [-0.15, -0.1) is 5.10 Å². The molecule has 4 aromatic carbocycles. The Morgan fingerprint density at radius 3 is 2.39 bits per heavy atom. The third-order valence-electron chi connectivity index (χ3n) is 5.27. The molecule has 0 saturated carbocycles. The van der Waals surface area contributed by atoms with Crippen molar-refractivity contribution >= 4 is 22.4 Å². The fraction of sp³-hybridized carbons (Fsp3) is 0.0741. The smallest absolute Gasteiger partial charge is 0.295 e. The molecule has 5 aromatic rings. The van der Waals surface area contributed by atoms with Crippen molar-refractivity contribution in [3.63, 3.8) is 0 Å². The molecule has 1 aromatic heterocycles. The molecule has 0 fully saturated rings. The Morgan fingerprint density at radius 2 is 1.61 bits per heavy atom. The van der Waals surface area contributed by atoms with Crippen molar-refractivity contribution in [1.29, 1.82) is 0 Å². The molecule has 33 heavy (non-hydrogen) atoms. The number of nitrogens with one attached hydrogen (secondary N) is 1. The number of rotatable bonds is 6. The van der Waals surface area contributed by atoms with Crippen molar-refractivity contribution in [3.05, 3.63) is 103 Å². The fourth-order valence-electron chi connectivity index (χ4n) is 3.73. The van der Waals surface area contributed by atoms with E-state index in [1.807, 2.05) is 104 Å². The van der Waals surface area contributed by atoms with Crippen LogP contribution in [0.15, 0.2) is 97.1 Å². The van der Waals surface area contributed by atoms with Crippen molar-refractivity contribution in [2.45, 2.75) is 6.92 Å². The van der Waals surface area contributed by atoms with Crippen LogP contribution in [-0.4, -0.2) is 27.3 Å². The van der Waals surface area contributed by atoms with Gasteiger partial charge >= 0.3 is 0 Å². The summed E-state index contributed by atoms with van der Waals surface area (Å²) in [5, 5.41) is 9.54. The van der Waals surface area contributed by atoms with Gasteiger partial charge in [0, 0.05) is 16.6 Å². The Bertz CT molecular complexity index is 1400. The van der Waals surface area contributed by atoms with Crippen molar-refractivity contribution in [1.82, 2.24) is 14.8 Å². The second-order valence-corrected chi connectivity index (χ2v) is 7.44. The van der Waals surface area contributed by atoms with Gasteiger partial charge in [-0.1, -0.05) is 66.7 Å². The maximum atomic E-state index is 13.2. The van der Waals surface area contributed by atoms with Crippen LogP contribution in [0.3, 0.4) is 0 Å². The van der Waals surface area contributed by atoms with E-state index in [1.165, 1.54) is 0 Å². The lowest BCUT2D eigenvalue weighted by atomic mass is 10.1. The van der Waals surface area contributed by atoms with Crippen LogP contribution in [0.5, 0.6) is 5.75 Å². The summed E-state index contributed by atoms with van der Waals surface area (Å²) in [7, 11) is 0. The van der Waals surface area contributed by atoms with Gasteiger partial charge in [0.1, 0.15) is 5.75 Å². The number of carbonyl (C=O) groups excluding carboxylic acids is 1. The number of nitrogens with zero attached hydrogens (tertiary/aromatic N) is 3. The Balaban J connectivity index is 1.53. The van der Waals surface area contributed by atoms with Gasteiger partial charge < -0.3 is 10.1 Å².